The fourth-order valence-electron chi connectivity index (χ4n) is 0.952. The summed E-state index contributed by atoms with van der Waals surface area (Å²) in [5, 5.41) is 31.4. The summed E-state index contributed by atoms with van der Waals surface area (Å²) in [4.78, 5) is 11.7. The number of rotatable bonds is 6. The van der Waals surface area contributed by atoms with Gasteiger partial charge in [0.05, 0.1) is 0 Å². The summed E-state index contributed by atoms with van der Waals surface area (Å²) in [6.45, 7) is 1.98. The van der Waals surface area contributed by atoms with Crippen LogP contribution in [0.15, 0.2) is 17.0 Å². The van der Waals surface area contributed by atoms with Crippen molar-refractivity contribution in [1.82, 2.24) is 5.01 Å². The minimum Gasteiger partial charge on any atom is -0.384 e. The molecular weight excluding hydrogens is 244 g/mol. The van der Waals surface area contributed by atoms with E-state index in [1.165, 1.54) is 30.3 Å². The monoisotopic (exact) mass is 258 g/mol. The van der Waals surface area contributed by atoms with Crippen LogP contribution in [0.4, 0.5) is 0 Å². The highest BCUT2D eigenvalue weighted by Gasteiger charge is 2.38. The van der Waals surface area contributed by atoms with Gasteiger partial charge in [0, 0.05) is 19.3 Å². The van der Waals surface area contributed by atoms with E-state index in [4.69, 9.17) is 21.5 Å². The Morgan fingerprint density at radius 1 is 1.37 bits per heavy atom. The first-order chi connectivity index (χ1) is 8.97. The number of ketones is 1. The largest absolute Gasteiger partial charge is 0.384 e. The minimum absolute atomic E-state index is 0.0533. The maximum absolute atomic E-state index is 11.7. The lowest BCUT2D eigenvalue weighted by Crippen LogP contribution is -2.27. The van der Waals surface area contributed by atoms with Crippen molar-refractivity contribution in [3.63, 3.8) is 0 Å². The zero-order valence-electron chi connectivity index (χ0n) is 10.8. The fraction of sp³-hybridized carbons (Fsp3) is 0.417. The van der Waals surface area contributed by atoms with Gasteiger partial charge in [0.2, 0.25) is 5.78 Å². The number of nitriles is 3. The molecule has 0 atom stereocenters. The first-order valence-corrected chi connectivity index (χ1v) is 5.49. The highest BCUT2D eigenvalue weighted by atomic mass is 16.1. The number of carbonyl (C=O) groups is 1. The van der Waals surface area contributed by atoms with Crippen molar-refractivity contribution in [2.45, 2.75) is 19.8 Å². The van der Waals surface area contributed by atoms with Crippen LogP contribution in [-0.2, 0) is 4.79 Å². The van der Waals surface area contributed by atoms with Crippen LogP contribution in [0.3, 0.4) is 0 Å². The quantitative estimate of drug-likeness (QED) is 0.422. The van der Waals surface area contributed by atoms with Crippen molar-refractivity contribution in [2.75, 3.05) is 7.05 Å². The third kappa shape index (κ3) is 4.14. The summed E-state index contributed by atoms with van der Waals surface area (Å²) >= 11 is 0. The standard InChI is InChI=1S/C12H14N6O/c1-3-4-5-17-18(2)11(16)6-10(19)12(7-13,8-14)9-15/h5-6H,3-4,16H2,1-2H3/b11-6+,17-5-. The van der Waals surface area contributed by atoms with Gasteiger partial charge in [0.25, 0.3) is 5.41 Å². The summed E-state index contributed by atoms with van der Waals surface area (Å²) in [7, 11) is 1.51. The molecule has 0 aliphatic carbocycles. The molecule has 0 aromatic rings. The van der Waals surface area contributed by atoms with Gasteiger partial charge < -0.3 is 5.73 Å². The molecule has 0 aliphatic rings. The Hall–Kier alpha value is -2.85. The van der Waals surface area contributed by atoms with E-state index in [0.29, 0.717) is 0 Å². The van der Waals surface area contributed by atoms with E-state index in [9.17, 15) is 4.79 Å². The molecule has 0 fully saturated rings. The van der Waals surface area contributed by atoms with Crippen LogP contribution in [0.25, 0.3) is 0 Å². The second-order valence-electron chi connectivity index (χ2n) is 3.63. The molecule has 0 aliphatic heterocycles. The van der Waals surface area contributed by atoms with Crippen molar-refractivity contribution in [3.8, 4) is 18.2 Å². The summed E-state index contributed by atoms with van der Waals surface area (Å²) in [6.07, 6.45) is 4.15. The van der Waals surface area contributed by atoms with Crippen molar-refractivity contribution in [3.05, 3.63) is 11.9 Å². The van der Waals surface area contributed by atoms with Crippen molar-refractivity contribution in [2.24, 2.45) is 16.3 Å². The van der Waals surface area contributed by atoms with Gasteiger partial charge in [-0.1, -0.05) is 13.3 Å². The first kappa shape index (κ1) is 16.1. The zero-order valence-corrected chi connectivity index (χ0v) is 10.8. The molecule has 0 unspecified atom stereocenters. The highest BCUT2D eigenvalue weighted by Crippen LogP contribution is 2.16. The predicted molar refractivity (Wildman–Crippen MR) is 67.7 cm³/mol. The minimum atomic E-state index is -2.36. The van der Waals surface area contributed by atoms with Crippen LogP contribution in [0.2, 0.25) is 0 Å². The lowest BCUT2D eigenvalue weighted by Gasteiger charge is -2.13. The SMILES string of the molecule is CCC/C=N\N(C)/C(N)=C/C(=O)C(C#N)(C#N)C#N. The lowest BCUT2D eigenvalue weighted by atomic mass is 9.88. The first-order valence-electron chi connectivity index (χ1n) is 5.49. The predicted octanol–water partition coefficient (Wildman–Crippen LogP) is 0.630. The molecule has 7 heteroatoms. The average Bonchev–Trinajstić information content (AvgIpc) is 2.41. The van der Waals surface area contributed by atoms with Crippen LogP contribution in [0.1, 0.15) is 19.8 Å². The van der Waals surface area contributed by atoms with Crippen LogP contribution in [0.5, 0.6) is 0 Å². The molecule has 0 aromatic heterocycles. The van der Waals surface area contributed by atoms with Gasteiger partial charge in [-0.3, -0.25) is 9.80 Å². The van der Waals surface area contributed by atoms with Gasteiger partial charge in [-0.25, -0.2) is 0 Å². The number of nitrogens with two attached hydrogens (primary N) is 1. The summed E-state index contributed by atoms with van der Waals surface area (Å²) in [5.74, 6) is -1.03. The summed E-state index contributed by atoms with van der Waals surface area (Å²) in [5.41, 5.74) is 3.22. The van der Waals surface area contributed by atoms with Gasteiger partial charge in [-0.2, -0.15) is 20.9 Å². The van der Waals surface area contributed by atoms with Crippen molar-refractivity contribution < 1.29 is 4.79 Å². The maximum Gasteiger partial charge on any atom is 0.289 e. The molecular formula is C12H14N6O. The molecule has 0 bridgehead atoms. The third-order valence-corrected chi connectivity index (χ3v) is 2.20. The molecule has 7 nitrogen and oxygen atoms in total. The van der Waals surface area contributed by atoms with Gasteiger partial charge in [-0.05, 0) is 6.42 Å². The number of allylic oxidation sites excluding steroid dienone is 1. The van der Waals surface area contributed by atoms with Crippen LogP contribution < -0.4 is 5.73 Å². The van der Waals surface area contributed by atoms with Crippen molar-refractivity contribution >= 4 is 12.0 Å². The van der Waals surface area contributed by atoms with E-state index in [-0.39, 0.29) is 5.82 Å². The molecule has 0 heterocycles. The topological polar surface area (TPSA) is 130 Å². The van der Waals surface area contributed by atoms with Gasteiger partial charge >= 0.3 is 0 Å². The number of hydrazone groups is 1. The molecule has 0 radical (unpaired) electrons. The van der Waals surface area contributed by atoms with Gasteiger partial charge in [-0.15, -0.1) is 0 Å². The molecule has 0 rings (SSSR count). The molecule has 0 aromatic carbocycles. The Labute approximate surface area is 111 Å². The zero-order chi connectivity index (χ0) is 14.9. The molecule has 0 amide bonds. The normalized spacial score (nSPS) is 11.4. The lowest BCUT2D eigenvalue weighted by molar-refractivity contribution is -0.117. The Kier molecular flexibility index (Phi) is 6.35. The van der Waals surface area contributed by atoms with Crippen LogP contribution >= 0.6 is 0 Å². The summed E-state index contributed by atoms with van der Waals surface area (Å²) < 4.78 is 0. The van der Waals surface area contributed by atoms with Gasteiger partial charge in [0.1, 0.15) is 24.0 Å². The number of hydrogen-bond acceptors (Lipinski definition) is 7. The van der Waals surface area contributed by atoms with E-state index < -0.39 is 11.2 Å². The fourth-order valence-corrected chi connectivity index (χ4v) is 0.952. The third-order valence-electron chi connectivity index (χ3n) is 2.20. The highest BCUT2D eigenvalue weighted by molar-refractivity contribution is 6.01. The van der Waals surface area contributed by atoms with E-state index >= 15 is 0 Å². The van der Waals surface area contributed by atoms with E-state index in [1.807, 2.05) is 6.92 Å². The molecule has 2 N–H and O–H groups in total. The molecule has 98 valence electrons. The smallest absolute Gasteiger partial charge is 0.289 e. The Morgan fingerprint density at radius 3 is 2.32 bits per heavy atom. The summed E-state index contributed by atoms with van der Waals surface area (Å²) in [6, 6.07) is 4.15. The molecule has 0 spiro atoms. The Bertz CT molecular complexity index is 478. The molecule has 0 saturated heterocycles. The second-order valence-corrected chi connectivity index (χ2v) is 3.63. The number of hydrogen-bond donors (Lipinski definition) is 1. The number of unbranched alkanes of at least 4 members (excludes halogenated alkanes) is 1. The van der Waals surface area contributed by atoms with Crippen LogP contribution in [0, 0.1) is 39.4 Å². The van der Waals surface area contributed by atoms with E-state index in [1.54, 1.807) is 6.21 Å². The van der Waals surface area contributed by atoms with E-state index in [0.717, 1.165) is 18.9 Å². The Balaban J connectivity index is 5.07. The molecule has 19 heavy (non-hydrogen) atoms. The molecule has 0 saturated carbocycles. The number of carbonyl (C=O) groups excluding carboxylic acids is 1. The number of nitrogens with zero attached hydrogens (tertiary/aromatic N) is 5. The Morgan fingerprint density at radius 2 is 1.89 bits per heavy atom. The van der Waals surface area contributed by atoms with Gasteiger partial charge in [0.15, 0.2) is 0 Å². The van der Waals surface area contributed by atoms with Crippen molar-refractivity contribution in [1.29, 1.82) is 15.8 Å². The average molecular weight is 258 g/mol. The van der Waals surface area contributed by atoms with Crippen LogP contribution in [-0.4, -0.2) is 24.1 Å². The maximum atomic E-state index is 11.7. The second kappa shape index (κ2) is 7.47. The van der Waals surface area contributed by atoms with E-state index in [2.05, 4.69) is 5.10 Å².